The Kier molecular flexibility index (Phi) is 6.20. The second-order valence-corrected chi connectivity index (χ2v) is 9.69. The number of fused-ring (bicyclic) bond motifs is 1. The number of aromatic nitrogens is 3. The van der Waals surface area contributed by atoms with Crippen LogP contribution < -0.4 is 14.8 Å². The van der Waals surface area contributed by atoms with Crippen LogP contribution in [0, 0.1) is 11.3 Å². The van der Waals surface area contributed by atoms with E-state index in [1.54, 1.807) is 18.4 Å². The van der Waals surface area contributed by atoms with Crippen molar-refractivity contribution in [2.75, 3.05) is 12.1 Å². The van der Waals surface area contributed by atoms with Crippen molar-refractivity contribution in [1.82, 2.24) is 14.8 Å². The minimum absolute atomic E-state index is 0.206. The van der Waals surface area contributed by atoms with Crippen LogP contribution in [0.25, 0.3) is 11.4 Å². The van der Waals surface area contributed by atoms with Crippen LogP contribution >= 0.6 is 23.1 Å². The van der Waals surface area contributed by atoms with Crippen LogP contribution in [-0.2, 0) is 11.3 Å². The second-order valence-electron chi connectivity index (χ2n) is 7.47. The number of thiophene rings is 1. The Hall–Kier alpha value is -3.81. The maximum absolute atomic E-state index is 12.8. The fourth-order valence-corrected chi connectivity index (χ4v) is 5.05. The molecule has 0 bridgehead atoms. The number of ether oxygens (including phenoxy) is 2. The van der Waals surface area contributed by atoms with Gasteiger partial charge in [-0.25, -0.2) is 0 Å². The Labute approximate surface area is 204 Å². The number of carbonyl (C=O) groups is 1. The van der Waals surface area contributed by atoms with Crippen LogP contribution in [0.2, 0.25) is 0 Å². The molecule has 0 saturated heterocycles. The molecule has 0 radical (unpaired) electrons. The van der Waals surface area contributed by atoms with Gasteiger partial charge in [0.05, 0.1) is 17.4 Å². The number of thioether (sulfide) groups is 1. The molecule has 4 aromatic rings. The van der Waals surface area contributed by atoms with Gasteiger partial charge in [-0.1, -0.05) is 48.2 Å². The van der Waals surface area contributed by atoms with Crippen molar-refractivity contribution in [3.8, 4) is 29.0 Å². The first-order valence-corrected chi connectivity index (χ1v) is 12.2. The molecule has 10 heteroatoms. The standard InChI is InChI=1S/C24H19N5O3S2/c1-15(22(30)26-23-18(12-25)9-10-33-23)34-24-28-27-21(17-5-3-2-4-6-17)29(24)13-16-7-8-19-20(11-16)32-14-31-19/h2-11,15H,13-14H2,1H3,(H,26,30)/t15-/m0/s1. The lowest BCUT2D eigenvalue weighted by Crippen LogP contribution is -2.23. The van der Waals surface area contributed by atoms with E-state index in [0.717, 1.165) is 16.9 Å². The molecule has 2 aromatic heterocycles. The molecule has 2 aromatic carbocycles. The van der Waals surface area contributed by atoms with Gasteiger partial charge in [0.25, 0.3) is 0 Å². The molecule has 0 fully saturated rings. The molecule has 0 unspecified atom stereocenters. The summed E-state index contributed by atoms with van der Waals surface area (Å²) in [5.74, 6) is 1.93. The predicted molar refractivity (Wildman–Crippen MR) is 130 cm³/mol. The Morgan fingerprint density at radius 2 is 2.03 bits per heavy atom. The molecule has 0 saturated carbocycles. The van der Waals surface area contributed by atoms with E-state index in [4.69, 9.17) is 9.47 Å². The summed E-state index contributed by atoms with van der Waals surface area (Å²) in [6.45, 7) is 2.52. The number of nitrogens with zero attached hydrogens (tertiary/aromatic N) is 4. The van der Waals surface area contributed by atoms with Crippen LogP contribution in [0.5, 0.6) is 11.5 Å². The summed E-state index contributed by atoms with van der Waals surface area (Å²) in [5.41, 5.74) is 2.38. The van der Waals surface area contributed by atoms with Crippen LogP contribution in [0.15, 0.2) is 65.1 Å². The van der Waals surface area contributed by atoms with Gasteiger partial charge in [-0.2, -0.15) is 5.26 Å². The first kappa shape index (κ1) is 22.0. The van der Waals surface area contributed by atoms with E-state index in [1.807, 2.05) is 53.1 Å². The number of carbonyl (C=O) groups excluding carboxylic acids is 1. The Morgan fingerprint density at radius 3 is 2.85 bits per heavy atom. The third kappa shape index (κ3) is 4.48. The molecule has 1 aliphatic rings. The first-order valence-electron chi connectivity index (χ1n) is 10.4. The van der Waals surface area contributed by atoms with Crippen molar-refractivity contribution < 1.29 is 14.3 Å². The third-order valence-corrected chi connectivity index (χ3v) is 7.11. The van der Waals surface area contributed by atoms with E-state index in [-0.39, 0.29) is 12.7 Å². The van der Waals surface area contributed by atoms with E-state index in [9.17, 15) is 10.1 Å². The normalized spacial score (nSPS) is 12.8. The number of rotatable bonds is 7. The van der Waals surface area contributed by atoms with E-state index in [0.29, 0.717) is 33.8 Å². The molecule has 1 amide bonds. The third-order valence-electron chi connectivity index (χ3n) is 5.20. The zero-order chi connectivity index (χ0) is 23.5. The molecule has 5 rings (SSSR count). The molecule has 34 heavy (non-hydrogen) atoms. The highest BCUT2D eigenvalue weighted by Crippen LogP contribution is 2.34. The van der Waals surface area contributed by atoms with E-state index < -0.39 is 5.25 Å². The highest BCUT2D eigenvalue weighted by atomic mass is 32.2. The van der Waals surface area contributed by atoms with Gasteiger partial charge >= 0.3 is 0 Å². The molecular formula is C24H19N5O3S2. The lowest BCUT2D eigenvalue weighted by molar-refractivity contribution is -0.115. The van der Waals surface area contributed by atoms with Gasteiger partial charge in [-0.15, -0.1) is 21.5 Å². The van der Waals surface area contributed by atoms with Gasteiger partial charge in [0.2, 0.25) is 12.7 Å². The fourth-order valence-electron chi connectivity index (χ4n) is 3.46. The molecule has 170 valence electrons. The van der Waals surface area contributed by atoms with Crippen LogP contribution in [0.1, 0.15) is 18.1 Å². The van der Waals surface area contributed by atoms with Crippen molar-refractivity contribution in [3.05, 3.63) is 71.1 Å². The van der Waals surface area contributed by atoms with Gasteiger partial charge in [0.15, 0.2) is 22.5 Å². The number of nitriles is 1. The summed E-state index contributed by atoms with van der Waals surface area (Å²) in [7, 11) is 0. The molecule has 0 aliphatic carbocycles. The fraction of sp³-hybridized carbons (Fsp3) is 0.167. The molecule has 0 spiro atoms. The summed E-state index contributed by atoms with van der Waals surface area (Å²) < 4.78 is 12.9. The van der Waals surface area contributed by atoms with Crippen molar-refractivity contribution in [2.45, 2.75) is 23.9 Å². The molecule has 1 aliphatic heterocycles. The highest BCUT2D eigenvalue weighted by Gasteiger charge is 2.23. The van der Waals surface area contributed by atoms with Crippen molar-refractivity contribution >= 4 is 34.0 Å². The zero-order valence-electron chi connectivity index (χ0n) is 18.1. The largest absolute Gasteiger partial charge is 0.454 e. The maximum Gasteiger partial charge on any atom is 0.238 e. The van der Waals surface area contributed by atoms with E-state index in [2.05, 4.69) is 21.6 Å². The number of anilines is 1. The number of benzene rings is 2. The first-order chi connectivity index (χ1) is 16.6. The average Bonchev–Trinajstić information content (AvgIpc) is 3.60. The second kappa shape index (κ2) is 9.59. The minimum Gasteiger partial charge on any atom is -0.454 e. The minimum atomic E-state index is -0.461. The van der Waals surface area contributed by atoms with Gasteiger partial charge < -0.3 is 14.8 Å². The van der Waals surface area contributed by atoms with Crippen molar-refractivity contribution in [3.63, 3.8) is 0 Å². The van der Waals surface area contributed by atoms with E-state index >= 15 is 0 Å². The summed E-state index contributed by atoms with van der Waals surface area (Å²) >= 11 is 2.64. The summed E-state index contributed by atoms with van der Waals surface area (Å²) in [4.78, 5) is 12.8. The molecule has 1 N–H and O–H groups in total. The van der Waals surface area contributed by atoms with Crippen molar-refractivity contribution in [1.29, 1.82) is 5.26 Å². The smallest absolute Gasteiger partial charge is 0.238 e. The molecule has 3 heterocycles. The topological polar surface area (TPSA) is 102 Å². The van der Waals surface area contributed by atoms with Crippen LogP contribution in [-0.4, -0.2) is 32.7 Å². The van der Waals surface area contributed by atoms with Gasteiger partial charge in [-0.3, -0.25) is 9.36 Å². The Morgan fingerprint density at radius 1 is 1.21 bits per heavy atom. The molecular weight excluding hydrogens is 470 g/mol. The Balaban J connectivity index is 1.42. The maximum atomic E-state index is 12.8. The van der Waals surface area contributed by atoms with E-state index in [1.165, 1.54) is 23.1 Å². The number of hydrogen-bond acceptors (Lipinski definition) is 8. The SMILES string of the molecule is C[C@H](Sc1nnc(-c2ccccc2)n1Cc1ccc2c(c1)OCO2)C(=O)Nc1sccc1C#N. The van der Waals surface area contributed by atoms with Gasteiger partial charge in [0.1, 0.15) is 11.1 Å². The Bertz CT molecular complexity index is 1380. The highest BCUT2D eigenvalue weighted by molar-refractivity contribution is 8.00. The summed E-state index contributed by atoms with van der Waals surface area (Å²) in [5, 5.41) is 23.4. The predicted octanol–water partition coefficient (Wildman–Crippen LogP) is 4.77. The van der Waals surface area contributed by atoms with Crippen LogP contribution in [0.4, 0.5) is 5.00 Å². The molecule has 8 nitrogen and oxygen atoms in total. The summed E-state index contributed by atoms with van der Waals surface area (Å²) in [6, 6.07) is 19.4. The number of hydrogen-bond donors (Lipinski definition) is 1. The number of amides is 1. The number of nitrogens with one attached hydrogen (secondary N) is 1. The summed E-state index contributed by atoms with van der Waals surface area (Å²) in [6.07, 6.45) is 0. The monoisotopic (exact) mass is 489 g/mol. The average molecular weight is 490 g/mol. The lowest BCUT2D eigenvalue weighted by Gasteiger charge is -2.14. The molecule has 1 atom stereocenters. The lowest BCUT2D eigenvalue weighted by atomic mass is 10.2. The van der Waals surface area contributed by atoms with Gasteiger partial charge in [0, 0.05) is 5.56 Å². The zero-order valence-corrected chi connectivity index (χ0v) is 19.7. The quantitative estimate of drug-likeness (QED) is 0.373. The van der Waals surface area contributed by atoms with Crippen molar-refractivity contribution in [2.24, 2.45) is 0 Å². The van der Waals surface area contributed by atoms with Crippen LogP contribution in [0.3, 0.4) is 0 Å². The van der Waals surface area contributed by atoms with Gasteiger partial charge in [-0.05, 0) is 36.1 Å².